The van der Waals surface area contributed by atoms with Gasteiger partial charge in [0.25, 0.3) is 0 Å². The summed E-state index contributed by atoms with van der Waals surface area (Å²) in [5.41, 5.74) is 1.07. The molecule has 1 unspecified atom stereocenters. The Morgan fingerprint density at radius 2 is 2.04 bits per heavy atom. The van der Waals surface area contributed by atoms with E-state index in [0.717, 1.165) is 24.6 Å². The summed E-state index contributed by atoms with van der Waals surface area (Å²) in [4.78, 5) is 10.0. The number of methoxy groups -OCH3 is 1. The van der Waals surface area contributed by atoms with Crippen LogP contribution in [0.15, 0.2) is 58.5 Å². The molecule has 134 valence electrons. The normalized spacial score (nSPS) is 12.5. The highest BCUT2D eigenvalue weighted by molar-refractivity contribution is 8.00. The molecule has 0 bridgehead atoms. The fraction of sp³-hybridized carbons (Fsp3) is 0.368. The molecule has 2 aromatic rings. The minimum absolute atomic E-state index is 0.437. The number of ether oxygens (including phenoxy) is 1. The van der Waals surface area contributed by atoms with Gasteiger partial charge in [-0.1, -0.05) is 25.1 Å². The van der Waals surface area contributed by atoms with Crippen LogP contribution in [0.25, 0.3) is 0 Å². The molecule has 2 rings (SSSR count). The first kappa shape index (κ1) is 19.1. The number of aromatic nitrogens is 1. The molecule has 1 aromatic carbocycles. The lowest BCUT2D eigenvalue weighted by molar-refractivity contribution is 0.397. The molecule has 1 atom stereocenters. The third kappa shape index (κ3) is 7.05. The second kappa shape index (κ2) is 10.6. The van der Waals surface area contributed by atoms with Crippen molar-refractivity contribution < 1.29 is 4.74 Å². The smallest absolute Gasteiger partial charge is 0.213 e. The Kier molecular flexibility index (Phi) is 8.12. The highest BCUT2D eigenvalue weighted by atomic mass is 32.2. The van der Waals surface area contributed by atoms with Crippen molar-refractivity contribution in [1.82, 2.24) is 15.6 Å². The summed E-state index contributed by atoms with van der Waals surface area (Å²) in [7, 11) is 1.62. The van der Waals surface area contributed by atoms with Crippen LogP contribution in [0.5, 0.6) is 5.88 Å². The van der Waals surface area contributed by atoms with Crippen molar-refractivity contribution >= 4 is 17.7 Å². The van der Waals surface area contributed by atoms with Gasteiger partial charge in [-0.2, -0.15) is 0 Å². The fourth-order valence-electron chi connectivity index (χ4n) is 2.19. The van der Waals surface area contributed by atoms with Crippen LogP contribution in [-0.4, -0.2) is 36.4 Å². The maximum atomic E-state index is 5.15. The van der Waals surface area contributed by atoms with Gasteiger partial charge < -0.3 is 15.4 Å². The molecular weight excluding hydrogens is 332 g/mol. The fourth-order valence-corrected chi connectivity index (χ4v) is 3.13. The van der Waals surface area contributed by atoms with Gasteiger partial charge in [-0.25, -0.2) is 9.98 Å². The lowest BCUT2D eigenvalue weighted by atomic mass is 10.3. The highest BCUT2D eigenvalue weighted by Crippen LogP contribution is 2.21. The van der Waals surface area contributed by atoms with E-state index in [2.05, 4.69) is 58.7 Å². The second-order valence-electron chi connectivity index (χ2n) is 5.52. The molecule has 0 saturated heterocycles. The van der Waals surface area contributed by atoms with Gasteiger partial charge in [0, 0.05) is 35.5 Å². The Morgan fingerprint density at radius 1 is 1.24 bits per heavy atom. The molecule has 0 spiro atoms. The van der Waals surface area contributed by atoms with Crippen molar-refractivity contribution in [3.63, 3.8) is 0 Å². The molecule has 0 radical (unpaired) electrons. The van der Waals surface area contributed by atoms with Gasteiger partial charge in [0.1, 0.15) is 0 Å². The highest BCUT2D eigenvalue weighted by Gasteiger charge is 2.06. The third-order valence-corrected chi connectivity index (χ3v) is 4.52. The van der Waals surface area contributed by atoms with E-state index in [1.165, 1.54) is 4.90 Å². The molecule has 0 amide bonds. The minimum Gasteiger partial charge on any atom is -0.481 e. The summed E-state index contributed by atoms with van der Waals surface area (Å²) in [6, 6.07) is 14.3. The van der Waals surface area contributed by atoms with Gasteiger partial charge in [-0.15, -0.1) is 11.8 Å². The number of hydrogen-bond donors (Lipinski definition) is 2. The number of nitrogens with one attached hydrogen (secondary N) is 2. The van der Waals surface area contributed by atoms with Gasteiger partial charge in [0.05, 0.1) is 13.7 Å². The summed E-state index contributed by atoms with van der Waals surface area (Å²) < 4.78 is 5.15. The Morgan fingerprint density at radius 3 is 2.76 bits per heavy atom. The molecule has 0 aliphatic heterocycles. The van der Waals surface area contributed by atoms with E-state index in [4.69, 9.17) is 4.74 Å². The van der Waals surface area contributed by atoms with Crippen molar-refractivity contribution in [1.29, 1.82) is 0 Å². The molecule has 0 fully saturated rings. The van der Waals surface area contributed by atoms with E-state index in [0.29, 0.717) is 17.7 Å². The van der Waals surface area contributed by atoms with Crippen LogP contribution < -0.4 is 15.4 Å². The van der Waals surface area contributed by atoms with E-state index in [1.54, 1.807) is 13.3 Å². The number of hydrogen-bond acceptors (Lipinski definition) is 4. The average Bonchev–Trinajstić information content (AvgIpc) is 2.65. The molecule has 0 aliphatic carbocycles. The summed E-state index contributed by atoms with van der Waals surface area (Å²) in [5.74, 6) is 1.43. The monoisotopic (exact) mass is 358 g/mol. The van der Waals surface area contributed by atoms with E-state index in [-0.39, 0.29) is 0 Å². The molecule has 1 heterocycles. The zero-order chi connectivity index (χ0) is 17.9. The van der Waals surface area contributed by atoms with Gasteiger partial charge in [-0.3, -0.25) is 0 Å². The Bertz CT molecular complexity index is 663. The van der Waals surface area contributed by atoms with Crippen molar-refractivity contribution in [2.24, 2.45) is 4.99 Å². The van der Waals surface area contributed by atoms with Crippen LogP contribution in [0.3, 0.4) is 0 Å². The first-order chi connectivity index (χ1) is 12.2. The second-order valence-corrected chi connectivity index (χ2v) is 7.04. The zero-order valence-corrected chi connectivity index (χ0v) is 15.8. The van der Waals surface area contributed by atoms with E-state index < -0.39 is 0 Å². The lowest BCUT2D eigenvalue weighted by Gasteiger charge is -2.15. The molecule has 2 N–H and O–H groups in total. The number of pyridine rings is 1. The van der Waals surface area contributed by atoms with E-state index >= 15 is 0 Å². The van der Waals surface area contributed by atoms with Gasteiger partial charge >= 0.3 is 0 Å². The summed E-state index contributed by atoms with van der Waals surface area (Å²) in [5, 5.41) is 7.13. The number of benzene rings is 1. The van der Waals surface area contributed by atoms with Gasteiger partial charge in [0.15, 0.2) is 5.96 Å². The van der Waals surface area contributed by atoms with Crippen molar-refractivity contribution in [2.75, 3.05) is 20.2 Å². The van der Waals surface area contributed by atoms with Gasteiger partial charge in [-0.05, 0) is 30.7 Å². The maximum Gasteiger partial charge on any atom is 0.213 e. The first-order valence-corrected chi connectivity index (χ1v) is 9.32. The number of rotatable bonds is 8. The van der Waals surface area contributed by atoms with Gasteiger partial charge in [0.2, 0.25) is 5.88 Å². The lowest BCUT2D eigenvalue weighted by Crippen LogP contribution is -2.40. The quantitative estimate of drug-likeness (QED) is 0.431. The van der Waals surface area contributed by atoms with Crippen LogP contribution in [0.1, 0.15) is 19.4 Å². The van der Waals surface area contributed by atoms with Crippen molar-refractivity contribution in [3.05, 3.63) is 54.2 Å². The Labute approximate surface area is 154 Å². The molecule has 6 heteroatoms. The van der Waals surface area contributed by atoms with Crippen molar-refractivity contribution in [2.45, 2.75) is 30.5 Å². The topological polar surface area (TPSA) is 58.5 Å². The summed E-state index contributed by atoms with van der Waals surface area (Å²) >= 11 is 1.85. The largest absolute Gasteiger partial charge is 0.481 e. The summed E-state index contributed by atoms with van der Waals surface area (Å²) in [6.45, 7) is 6.52. The Hall–Kier alpha value is -2.21. The number of nitrogens with zero attached hydrogens (tertiary/aromatic N) is 2. The third-order valence-electron chi connectivity index (χ3n) is 3.41. The zero-order valence-electron chi connectivity index (χ0n) is 15.0. The standard InChI is InChI=1S/C19H26N4OS/c1-4-20-19(23-14-16-10-11-21-18(12-16)24-3)22-13-15(2)25-17-8-6-5-7-9-17/h5-12,15H,4,13-14H2,1-3H3,(H2,20,22,23). The van der Waals surface area contributed by atoms with Crippen LogP contribution in [0, 0.1) is 0 Å². The predicted molar refractivity (Wildman–Crippen MR) is 105 cm³/mol. The number of guanidine groups is 1. The molecule has 0 saturated carbocycles. The van der Waals surface area contributed by atoms with Crippen molar-refractivity contribution in [3.8, 4) is 5.88 Å². The number of aliphatic imine (C=N–C) groups is 1. The SMILES string of the molecule is CCNC(=NCc1ccnc(OC)c1)NCC(C)Sc1ccccc1. The number of thioether (sulfide) groups is 1. The molecule has 5 nitrogen and oxygen atoms in total. The first-order valence-electron chi connectivity index (χ1n) is 8.44. The summed E-state index contributed by atoms with van der Waals surface area (Å²) in [6.07, 6.45) is 1.74. The molecular formula is C19H26N4OS. The predicted octanol–water partition coefficient (Wildman–Crippen LogP) is 3.33. The van der Waals surface area contributed by atoms with E-state index in [1.807, 2.05) is 30.0 Å². The molecule has 1 aromatic heterocycles. The molecule has 25 heavy (non-hydrogen) atoms. The van der Waals surface area contributed by atoms with Crippen LogP contribution >= 0.6 is 11.8 Å². The molecule has 0 aliphatic rings. The maximum absolute atomic E-state index is 5.15. The minimum atomic E-state index is 0.437. The van der Waals surface area contributed by atoms with Crippen LogP contribution in [0.4, 0.5) is 0 Å². The van der Waals surface area contributed by atoms with E-state index in [9.17, 15) is 0 Å². The average molecular weight is 359 g/mol. The van der Waals surface area contributed by atoms with Crippen LogP contribution in [0.2, 0.25) is 0 Å². The Balaban J connectivity index is 1.88. The van der Waals surface area contributed by atoms with Crippen LogP contribution in [-0.2, 0) is 6.54 Å².